The lowest BCUT2D eigenvalue weighted by atomic mass is 9.85. The van der Waals surface area contributed by atoms with Crippen LogP contribution in [0.5, 0.6) is 0 Å². The van der Waals surface area contributed by atoms with E-state index in [1.807, 2.05) is 19.9 Å². The minimum absolute atomic E-state index is 0.0630. The molecule has 1 aliphatic rings. The minimum atomic E-state index is -0.337. The standard InChI is InChI=1S/C25H27FN6O/c1-15(2)31-23(33)20-14-27-24(30-22(20)32(31)19-8-5-17(26)6-9-19)29-18-7-10-21-16(13-18)11-12-28-25(21,3)4/h5-10,13-15,28H,11-12H2,1-4H3,(H,27,29,30). The number of aromatic nitrogens is 4. The molecule has 0 unspecified atom stereocenters. The van der Waals surface area contributed by atoms with Gasteiger partial charge in [-0.15, -0.1) is 0 Å². The third-order valence-electron chi connectivity index (χ3n) is 6.18. The molecular formula is C25H27FN6O. The molecule has 0 saturated heterocycles. The average Bonchev–Trinajstić information content (AvgIpc) is 3.06. The molecule has 33 heavy (non-hydrogen) atoms. The third kappa shape index (κ3) is 3.70. The highest BCUT2D eigenvalue weighted by molar-refractivity contribution is 5.77. The Morgan fingerprint density at radius 1 is 1.15 bits per heavy atom. The Hall–Kier alpha value is -3.52. The van der Waals surface area contributed by atoms with Crippen molar-refractivity contribution in [3.8, 4) is 5.69 Å². The molecule has 1 aliphatic heterocycles. The van der Waals surface area contributed by atoms with E-state index in [4.69, 9.17) is 0 Å². The Morgan fingerprint density at radius 2 is 1.91 bits per heavy atom. The van der Waals surface area contributed by atoms with Crippen LogP contribution in [0.4, 0.5) is 16.0 Å². The molecule has 170 valence electrons. The van der Waals surface area contributed by atoms with Gasteiger partial charge in [0.1, 0.15) is 11.2 Å². The molecule has 0 atom stereocenters. The Balaban J connectivity index is 1.59. The molecule has 0 fully saturated rings. The summed E-state index contributed by atoms with van der Waals surface area (Å²) in [6, 6.07) is 12.2. The van der Waals surface area contributed by atoms with Crippen LogP contribution < -0.4 is 16.2 Å². The topological polar surface area (TPSA) is 76.8 Å². The number of fused-ring (bicyclic) bond motifs is 2. The van der Waals surface area contributed by atoms with Gasteiger partial charge in [0.25, 0.3) is 5.56 Å². The van der Waals surface area contributed by atoms with Crippen LogP contribution in [0.25, 0.3) is 16.7 Å². The van der Waals surface area contributed by atoms with E-state index in [-0.39, 0.29) is 23.0 Å². The quantitative estimate of drug-likeness (QED) is 0.485. The lowest BCUT2D eigenvalue weighted by Crippen LogP contribution is -2.42. The van der Waals surface area contributed by atoms with Crippen molar-refractivity contribution >= 4 is 22.7 Å². The second kappa shape index (κ2) is 7.81. The molecule has 5 rings (SSSR count). The number of anilines is 2. The highest BCUT2D eigenvalue weighted by Crippen LogP contribution is 2.30. The van der Waals surface area contributed by atoms with Crippen molar-refractivity contribution in [3.05, 3.63) is 76.0 Å². The fourth-order valence-electron chi connectivity index (χ4n) is 4.58. The van der Waals surface area contributed by atoms with E-state index in [1.54, 1.807) is 27.7 Å². The van der Waals surface area contributed by atoms with Gasteiger partial charge in [0.15, 0.2) is 5.65 Å². The molecule has 2 N–H and O–H groups in total. The van der Waals surface area contributed by atoms with Crippen molar-refractivity contribution in [1.29, 1.82) is 0 Å². The summed E-state index contributed by atoms with van der Waals surface area (Å²) in [4.78, 5) is 22.2. The largest absolute Gasteiger partial charge is 0.324 e. The fourth-order valence-corrected chi connectivity index (χ4v) is 4.58. The Bertz CT molecular complexity index is 1400. The zero-order valence-corrected chi connectivity index (χ0v) is 19.2. The third-order valence-corrected chi connectivity index (χ3v) is 6.18. The number of rotatable bonds is 4. The summed E-state index contributed by atoms with van der Waals surface area (Å²) >= 11 is 0. The number of hydrogen-bond donors (Lipinski definition) is 2. The Labute approximate surface area is 191 Å². The maximum absolute atomic E-state index is 13.5. The number of nitrogens with one attached hydrogen (secondary N) is 2. The summed E-state index contributed by atoms with van der Waals surface area (Å²) in [5.41, 5.74) is 4.36. The van der Waals surface area contributed by atoms with E-state index in [1.165, 1.54) is 23.3 Å². The van der Waals surface area contributed by atoms with Crippen molar-refractivity contribution in [2.75, 3.05) is 11.9 Å². The lowest BCUT2D eigenvalue weighted by molar-refractivity contribution is 0.382. The molecular weight excluding hydrogens is 419 g/mol. The summed E-state index contributed by atoms with van der Waals surface area (Å²) in [6.07, 6.45) is 2.51. The fraction of sp³-hybridized carbons (Fsp3) is 0.320. The first-order chi connectivity index (χ1) is 15.7. The summed E-state index contributed by atoms with van der Waals surface area (Å²) in [7, 11) is 0. The Kier molecular flexibility index (Phi) is 5.05. The van der Waals surface area contributed by atoms with Crippen molar-refractivity contribution in [1.82, 2.24) is 24.6 Å². The summed E-state index contributed by atoms with van der Waals surface area (Å²) in [5, 5.41) is 7.25. The zero-order valence-electron chi connectivity index (χ0n) is 19.2. The highest BCUT2D eigenvalue weighted by atomic mass is 19.1. The maximum Gasteiger partial charge on any atom is 0.278 e. The molecule has 0 amide bonds. The molecule has 4 aromatic rings. The molecule has 0 bridgehead atoms. The van der Waals surface area contributed by atoms with Crippen LogP contribution in [0.1, 0.15) is 44.9 Å². The van der Waals surface area contributed by atoms with E-state index in [0.29, 0.717) is 22.7 Å². The predicted molar refractivity (Wildman–Crippen MR) is 128 cm³/mol. The highest BCUT2D eigenvalue weighted by Gasteiger charge is 2.26. The van der Waals surface area contributed by atoms with E-state index < -0.39 is 0 Å². The molecule has 0 aliphatic carbocycles. The predicted octanol–water partition coefficient (Wildman–Crippen LogP) is 4.43. The van der Waals surface area contributed by atoms with E-state index in [0.717, 1.165) is 18.7 Å². The van der Waals surface area contributed by atoms with Gasteiger partial charge in [0.2, 0.25) is 5.95 Å². The van der Waals surface area contributed by atoms with Crippen LogP contribution in [-0.4, -0.2) is 25.9 Å². The van der Waals surface area contributed by atoms with Gasteiger partial charge in [0.05, 0.1) is 5.69 Å². The lowest BCUT2D eigenvalue weighted by Gasteiger charge is -2.34. The van der Waals surface area contributed by atoms with Gasteiger partial charge in [-0.3, -0.25) is 4.79 Å². The molecule has 0 spiro atoms. The summed E-state index contributed by atoms with van der Waals surface area (Å²) in [5.74, 6) is 0.0591. The van der Waals surface area contributed by atoms with E-state index >= 15 is 0 Å². The number of hydrogen-bond acceptors (Lipinski definition) is 5. The van der Waals surface area contributed by atoms with Crippen LogP contribution in [0.15, 0.2) is 53.5 Å². The normalized spacial score (nSPS) is 15.1. The van der Waals surface area contributed by atoms with Gasteiger partial charge in [-0.25, -0.2) is 18.7 Å². The van der Waals surface area contributed by atoms with Gasteiger partial charge in [-0.05, 0) is 88.2 Å². The first-order valence-electron chi connectivity index (χ1n) is 11.2. The van der Waals surface area contributed by atoms with Gasteiger partial charge >= 0.3 is 0 Å². The number of nitrogens with zero attached hydrogens (tertiary/aromatic N) is 4. The van der Waals surface area contributed by atoms with Gasteiger partial charge in [-0.2, -0.15) is 4.98 Å². The molecule has 7 nitrogen and oxygen atoms in total. The van der Waals surface area contributed by atoms with Crippen LogP contribution >= 0.6 is 0 Å². The Morgan fingerprint density at radius 3 is 2.64 bits per heavy atom. The molecule has 8 heteroatoms. The van der Waals surface area contributed by atoms with Crippen molar-refractivity contribution < 1.29 is 4.39 Å². The number of halogens is 1. The molecule has 3 heterocycles. The second-order valence-electron chi connectivity index (χ2n) is 9.26. The van der Waals surface area contributed by atoms with Gasteiger partial charge < -0.3 is 10.6 Å². The van der Waals surface area contributed by atoms with Crippen LogP contribution in [0.3, 0.4) is 0 Å². The van der Waals surface area contributed by atoms with Crippen LogP contribution in [0.2, 0.25) is 0 Å². The van der Waals surface area contributed by atoms with E-state index in [9.17, 15) is 9.18 Å². The van der Waals surface area contributed by atoms with Crippen molar-refractivity contribution in [3.63, 3.8) is 0 Å². The number of benzene rings is 2. The monoisotopic (exact) mass is 446 g/mol. The van der Waals surface area contributed by atoms with Crippen molar-refractivity contribution in [2.45, 2.75) is 45.7 Å². The van der Waals surface area contributed by atoms with E-state index in [2.05, 4.69) is 46.6 Å². The first-order valence-corrected chi connectivity index (χ1v) is 11.2. The summed E-state index contributed by atoms with van der Waals surface area (Å²) < 4.78 is 16.9. The second-order valence-corrected chi connectivity index (χ2v) is 9.26. The van der Waals surface area contributed by atoms with Crippen LogP contribution in [0, 0.1) is 5.82 Å². The average molecular weight is 447 g/mol. The molecule has 2 aromatic heterocycles. The van der Waals surface area contributed by atoms with Crippen LogP contribution in [-0.2, 0) is 12.0 Å². The first kappa shape index (κ1) is 21.3. The van der Waals surface area contributed by atoms with Crippen molar-refractivity contribution in [2.24, 2.45) is 0 Å². The smallest absolute Gasteiger partial charge is 0.278 e. The minimum Gasteiger partial charge on any atom is -0.324 e. The van der Waals surface area contributed by atoms with Gasteiger partial charge in [-0.1, -0.05) is 6.07 Å². The van der Waals surface area contributed by atoms with Gasteiger partial charge in [0, 0.05) is 23.5 Å². The zero-order chi connectivity index (χ0) is 23.3. The maximum atomic E-state index is 13.5. The molecule has 0 saturated carbocycles. The summed E-state index contributed by atoms with van der Waals surface area (Å²) in [6.45, 7) is 9.15. The molecule has 2 aromatic carbocycles. The SMILES string of the molecule is CC(C)n1c(=O)c2cnc(Nc3ccc4c(c3)CCNC4(C)C)nc2n1-c1ccc(F)cc1. The molecule has 0 radical (unpaired) electrons.